The molecule has 0 radical (unpaired) electrons. The smallest absolute Gasteiger partial charge is 0.223 e. The fraction of sp³-hybridized carbons (Fsp3) is 0.933. The Hall–Kier alpha value is -0.570. The molecule has 2 saturated carbocycles. The van der Waals surface area contributed by atoms with Gasteiger partial charge in [-0.25, -0.2) is 0 Å². The number of nitrogens with one attached hydrogen (secondary N) is 1. The number of rotatable bonds is 4. The van der Waals surface area contributed by atoms with E-state index in [4.69, 9.17) is 5.73 Å². The van der Waals surface area contributed by atoms with Crippen LogP contribution in [0.4, 0.5) is 0 Å². The molecule has 0 saturated heterocycles. The first-order valence-corrected chi connectivity index (χ1v) is 7.68. The van der Waals surface area contributed by atoms with Crippen LogP contribution in [0.2, 0.25) is 0 Å². The first kappa shape index (κ1) is 13.9. The van der Waals surface area contributed by atoms with Gasteiger partial charge in [-0.2, -0.15) is 0 Å². The average Bonchev–Trinajstić information content (AvgIpc) is 2.81. The maximum Gasteiger partial charge on any atom is 0.223 e. The summed E-state index contributed by atoms with van der Waals surface area (Å²) in [5.74, 6) is 2.71. The van der Waals surface area contributed by atoms with Crippen molar-refractivity contribution in [1.29, 1.82) is 0 Å². The van der Waals surface area contributed by atoms with Gasteiger partial charge in [0.1, 0.15) is 0 Å². The predicted molar refractivity (Wildman–Crippen MR) is 74.0 cm³/mol. The van der Waals surface area contributed by atoms with Gasteiger partial charge >= 0.3 is 0 Å². The van der Waals surface area contributed by atoms with Crippen molar-refractivity contribution in [1.82, 2.24) is 5.32 Å². The Bertz CT molecular complexity index is 272. The van der Waals surface area contributed by atoms with E-state index < -0.39 is 0 Å². The van der Waals surface area contributed by atoms with Crippen LogP contribution in [0.25, 0.3) is 0 Å². The standard InChI is InChI=1S/C15H28N2O/c1-11-3-2-4-14(11)10-17-15(18)13-7-5-12(9-16)6-8-13/h11-14H,2-10,16H2,1H3,(H,17,18). The summed E-state index contributed by atoms with van der Waals surface area (Å²) in [4.78, 5) is 12.1. The third-order valence-corrected chi connectivity index (χ3v) is 5.13. The van der Waals surface area contributed by atoms with Crippen LogP contribution in [0.3, 0.4) is 0 Å². The van der Waals surface area contributed by atoms with Gasteiger partial charge in [0, 0.05) is 12.5 Å². The van der Waals surface area contributed by atoms with Crippen LogP contribution in [-0.2, 0) is 4.79 Å². The van der Waals surface area contributed by atoms with Gasteiger partial charge in [0.25, 0.3) is 0 Å². The van der Waals surface area contributed by atoms with E-state index in [1.165, 1.54) is 19.3 Å². The van der Waals surface area contributed by atoms with Crippen molar-refractivity contribution in [2.45, 2.75) is 51.9 Å². The zero-order valence-corrected chi connectivity index (χ0v) is 11.7. The summed E-state index contributed by atoms with van der Waals surface area (Å²) in [5.41, 5.74) is 5.68. The molecule has 1 amide bonds. The number of amides is 1. The van der Waals surface area contributed by atoms with Gasteiger partial charge in [-0.15, -0.1) is 0 Å². The number of carbonyl (C=O) groups is 1. The van der Waals surface area contributed by atoms with E-state index >= 15 is 0 Å². The maximum absolute atomic E-state index is 12.1. The molecule has 2 fully saturated rings. The van der Waals surface area contributed by atoms with Crippen LogP contribution >= 0.6 is 0 Å². The highest BCUT2D eigenvalue weighted by Gasteiger charge is 2.27. The molecule has 3 nitrogen and oxygen atoms in total. The van der Waals surface area contributed by atoms with Crippen molar-refractivity contribution >= 4 is 5.91 Å². The monoisotopic (exact) mass is 252 g/mol. The zero-order valence-electron chi connectivity index (χ0n) is 11.7. The Labute approximate surface area is 111 Å². The van der Waals surface area contributed by atoms with Gasteiger partial charge in [0.15, 0.2) is 0 Å². The minimum Gasteiger partial charge on any atom is -0.356 e. The molecule has 2 unspecified atom stereocenters. The summed E-state index contributed by atoms with van der Waals surface area (Å²) in [7, 11) is 0. The fourth-order valence-electron chi connectivity index (χ4n) is 3.56. The van der Waals surface area contributed by atoms with Gasteiger partial charge < -0.3 is 11.1 Å². The molecule has 0 heterocycles. The zero-order chi connectivity index (χ0) is 13.0. The number of hydrogen-bond donors (Lipinski definition) is 2. The molecule has 2 aliphatic rings. The van der Waals surface area contributed by atoms with E-state index in [1.54, 1.807) is 0 Å². The third-order valence-electron chi connectivity index (χ3n) is 5.13. The molecule has 0 aromatic carbocycles. The molecule has 2 rings (SSSR count). The van der Waals surface area contributed by atoms with Crippen molar-refractivity contribution in [3.8, 4) is 0 Å². The molecule has 104 valence electrons. The largest absolute Gasteiger partial charge is 0.356 e. The molecular weight excluding hydrogens is 224 g/mol. The van der Waals surface area contributed by atoms with Crippen LogP contribution in [0.5, 0.6) is 0 Å². The number of nitrogens with two attached hydrogens (primary N) is 1. The summed E-state index contributed by atoms with van der Waals surface area (Å²) in [6.45, 7) is 4.00. The molecule has 0 aromatic heterocycles. The lowest BCUT2D eigenvalue weighted by molar-refractivity contribution is -0.126. The SMILES string of the molecule is CC1CCCC1CNC(=O)C1CCC(CN)CC1. The Balaban J connectivity index is 1.68. The lowest BCUT2D eigenvalue weighted by Gasteiger charge is -2.27. The lowest BCUT2D eigenvalue weighted by Crippen LogP contribution is -2.37. The van der Waals surface area contributed by atoms with Gasteiger partial charge in [-0.1, -0.05) is 19.8 Å². The van der Waals surface area contributed by atoms with E-state index in [2.05, 4.69) is 12.2 Å². The molecule has 0 aliphatic heterocycles. The van der Waals surface area contributed by atoms with Gasteiger partial charge in [0.05, 0.1) is 0 Å². The lowest BCUT2D eigenvalue weighted by atomic mass is 9.81. The average molecular weight is 252 g/mol. The van der Waals surface area contributed by atoms with Crippen LogP contribution in [0.15, 0.2) is 0 Å². The van der Waals surface area contributed by atoms with E-state index in [0.717, 1.165) is 44.7 Å². The first-order valence-electron chi connectivity index (χ1n) is 7.68. The summed E-state index contributed by atoms with van der Waals surface area (Å²) in [5, 5.41) is 3.19. The van der Waals surface area contributed by atoms with Crippen LogP contribution in [0, 0.1) is 23.7 Å². The molecule has 3 heteroatoms. The maximum atomic E-state index is 12.1. The molecule has 0 spiro atoms. The van der Waals surface area contributed by atoms with Crippen molar-refractivity contribution in [3.63, 3.8) is 0 Å². The number of carbonyl (C=O) groups excluding carboxylic acids is 1. The molecular formula is C15H28N2O. The van der Waals surface area contributed by atoms with Crippen LogP contribution in [-0.4, -0.2) is 19.0 Å². The molecule has 2 atom stereocenters. The van der Waals surface area contributed by atoms with Gasteiger partial charge in [-0.05, 0) is 56.4 Å². The summed E-state index contributed by atoms with van der Waals surface area (Å²) in [6.07, 6.45) is 8.30. The van der Waals surface area contributed by atoms with Crippen molar-refractivity contribution < 1.29 is 4.79 Å². The second-order valence-electron chi connectivity index (χ2n) is 6.37. The van der Waals surface area contributed by atoms with Crippen LogP contribution in [0.1, 0.15) is 51.9 Å². The van der Waals surface area contributed by atoms with Crippen LogP contribution < -0.4 is 11.1 Å². The van der Waals surface area contributed by atoms with E-state index in [0.29, 0.717) is 17.7 Å². The minimum atomic E-state index is 0.254. The second-order valence-corrected chi connectivity index (χ2v) is 6.37. The minimum absolute atomic E-state index is 0.254. The van der Waals surface area contributed by atoms with Crippen molar-refractivity contribution in [2.24, 2.45) is 29.4 Å². The number of hydrogen-bond acceptors (Lipinski definition) is 2. The quantitative estimate of drug-likeness (QED) is 0.806. The Morgan fingerprint density at radius 3 is 2.44 bits per heavy atom. The topological polar surface area (TPSA) is 55.1 Å². The van der Waals surface area contributed by atoms with E-state index in [9.17, 15) is 4.79 Å². The van der Waals surface area contributed by atoms with Crippen molar-refractivity contribution in [2.75, 3.05) is 13.1 Å². The summed E-state index contributed by atoms with van der Waals surface area (Å²) >= 11 is 0. The molecule has 0 bridgehead atoms. The molecule has 0 aromatic rings. The molecule has 2 aliphatic carbocycles. The highest BCUT2D eigenvalue weighted by Crippen LogP contribution is 2.31. The van der Waals surface area contributed by atoms with Crippen molar-refractivity contribution in [3.05, 3.63) is 0 Å². The second kappa shape index (κ2) is 6.55. The third kappa shape index (κ3) is 3.47. The molecule has 18 heavy (non-hydrogen) atoms. The highest BCUT2D eigenvalue weighted by atomic mass is 16.1. The summed E-state index contributed by atoms with van der Waals surface area (Å²) < 4.78 is 0. The van der Waals surface area contributed by atoms with Gasteiger partial charge in [0.2, 0.25) is 5.91 Å². The highest BCUT2D eigenvalue weighted by molar-refractivity contribution is 5.78. The first-order chi connectivity index (χ1) is 8.70. The normalized spacial score (nSPS) is 36.6. The van der Waals surface area contributed by atoms with E-state index in [-0.39, 0.29) is 5.92 Å². The van der Waals surface area contributed by atoms with E-state index in [1.807, 2.05) is 0 Å². The fourth-order valence-corrected chi connectivity index (χ4v) is 3.56. The molecule has 3 N–H and O–H groups in total. The Kier molecular flexibility index (Phi) is 5.04. The van der Waals surface area contributed by atoms with Gasteiger partial charge in [-0.3, -0.25) is 4.79 Å². The Morgan fingerprint density at radius 2 is 1.89 bits per heavy atom. The Morgan fingerprint density at radius 1 is 1.17 bits per heavy atom. The summed E-state index contributed by atoms with van der Waals surface area (Å²) in [6, 6.07) is 0. The predicted octanol–water partition coefficient (Wildman–Crippen LogP) is 2.30.